The second kappa shape index (κ2) is 32.3. The number of likely N-dealkylation sites (tertiary alicyclic amines) is 3. The summed E-state index contributed by atoms with van der Waals surface area (Å²) in [4.78, 5) is 71.7. The van der Waals surface area contributed by atoms with Crippen molar-refractivity contribution in [3.63, 3.8) is 0 Å². The zero-order chi connectivity index (χ0) is 55.7. The van der Waals surface area contributed by atoms with Crippen LogP contribution in [0.3, 0.4) is 0 Å². The number of carbonyl (C=O) groups is 5. The molecule has 428 valence electrons. The Bertz CT molecular complexity index is 2340. The SMILES string of the molecule is CC(C)(C)OC(=O)N1CCCC(C(=O)N2CCCC(C(=O)NC(CCCc3ccccc3)CCCc3ccccc3)C2)C1.O=C(NC(CCCc1ccccc1)CCCc1ccccc1)C1CCCN(C(=O)C2CCCNC2)C1. The van der Waals surface area contributed by atoms with Crippen LogP contribution in [0.2, 0.25) is 0 Å². The largest absolute Gasteiger partial charge is 0.444 e. The number of ether oxygens (including phenoxy) is 1. The topological polar surface area (TPSA) is 140 Å². The Balaban J connectivity index is 0.000000232. The number of benzene rings is 4. The van der Waals surface area contributed by atoms with Crippen LogP contribution in [0.15, 0.2) is 121 Å². The van der Waals surface area contributed by atoms with E-state index in [2.05, 4.69) is 125 Å². The molecule has 4 atom stereocenters. The van der Waals surface area contributed by atoms with Crippen LogP contribution in [-0.2, 0) is 49.6 Å². The molecule has 8 rings (SSSR count). The number of nitrogens with zero attached hydrogens (tertiary/aromatic N) is 3. The molecule has 0 saturated carbocycles. The van der Waals surface area contributed by atoms with E-state index in [9.17, 15) is 24.0 Å². The van der Waals surface area contributed by atoms with Gasteiger partial charge in [0.1, 0.15) is 5.60 Å². The highest BCUT2D eigenvalue weighted by Gasteiger charge is 2.37. The van der Waals surface area contributed by atoms with Gasteiger partial charge in [0.2, 0.25) is 23.6 Å². The van der Waals surface area contributed by atoms with Gasteiger partial charge < -0.3 is 35.4 Å². The summed E-state index contributed by atoms with van der Waals surface area (Å²) in [6, 6.07) is 42.5. The van der Waals surface area contributed by atoms with Gasteiger partial charge in [-0.3, -0.25) is 19.2 Å². The first kappa shape index (κ1) is 60.6. The summed E-state index contributed by atoms with van der Waals surface area (Å²) in [5.41, 5.74) is 4.79. The van der Waals surface area contributed by atoms with Crippen LogP contribution in [0.5, 0.6) is 0 Å². The van der Waals surface area contributed by atoms with Crippen LogP contribution < -0.4 is 16.0 Å². The van der Waals surface area contributed by atoms with Gasteiger partial charge >= 0.3 is 6.09 Å². The minimum atomic E-state index is -0.567. The normalized spacial score (nSPS) is 19.7. The second-order valence-electron chi connectivity index (χ2n) is 24.0. The van der Waals surface area contributed by atoms with Crippen molar-refractivity contribution >= 4 is 29.7 Å². The summed E-state index contributed by atoms with van der Waals surface area (Å²) < 4.78 is 5.55. The number of rotatable bonds is 22. The van der Waals surface area contributed by atoms with Gasteiger partial charge in [0, 0.05) is 57.9 Å². The lowest BCUT2D eigenvalue weighted by atomic mass is 9.92. The van der Waals surface area contributed by atoms with Crippen LogP contribution in [0.1, 0.15) is 146 Å². The van der Waals surface area contributed by atoms with E-state index in [0.29, 0.717) is 32.7 Å². The summed E-state index contributed by atoms with van der Waals surface area (Å²) in [6.07, 6.45) is 18.7. The number of hydrogen-bond acceptors (Lipinski definition) is 7. The van der Waals surface area contributed by atoms with Gasteiger partial charge in [-0.15, -0.1) is 0 Å². The third-order valence-corrected chi connectivity index (χ3v) is 16.4. The lowest BCUT2D eigenvalue weighted by Gasteiger charge is -2.38. The first-order valence-corrected chi connectivity index (χ1v) is 30.4. The number of carbonyl (C=O) groups excluding carboxylic acids is 5. The second-order valence-corrected chi connectivity index (χ2v) is 24.0. The predicted molar refractivity (Wildman–Crippen MR) is 316 cm³/mol. The summed E-state index contributed by atoms with van der Waals surface area (Å²) in [6.45, 7) is 10.8. The monoisotopic (exact) mass is 1080 g/mol. The number of aryl methyl sites for hydroxylation is 4. The third kappa shape index (κ3) is 21.2. The zero-order valence-electron chi connectivity index (χ0n) is 48.1. The number of amides is 5. The predicted octanol–water partition coefficient (Wildman–Crippen LogP) is 11.2. The van der Waals surface area contributed by atoms with E-state index < -0.39 is 5.60 Å². The quantitative estimate of drug-likeness (QED) is 0.0712. The Kier molecular flexibility index (Phi) is 24.8. The van der Waals surface area contributed by atoms with E-state index in [1.807, 2.05) is 42.7 Å². The van der Waals surface area contributed by atoms with Crippen molar-refractivity contribution in [2.24, 2.45) is 23.7 Å². The molecule has 0 spiro atoms. The molecular formula is C67H94N6O6. The van der Waals surface area contributed by atoms with Crippen molar-refractivity contribution in [3.05, 3.63) is 144 Å². The molecular weight excluding hydrogens is 985 g/mol. The number of hydrogen-bond donors (Lipinski definition) is 3. The molecule has 4 heterocycles. The molecule has 4 aromatic rings. The highest BCUT2D eigenvalue weighted by molar-refractivity contribution is 5.84. The maximum atomic E-state index is 13.6. The Morgan fingerprint density at radius 3 is 1.19 bits per heavy atom. The fourth-order valence-electron chi connectivity index (χ4n) is 12.0. The third-order valence-electron chi connectivity index (χ3n) is 16.4. The van der Waals surface area contributed by atoms with Crippen molar-refractivity contribution in [1.82, 2.24) is 30.7 Å². The molecule has 4 aliphatic rings. The molecule has 3 N–H and O–H groups in total. The molecule has 4 aromatic carbocycles. The molecule has 0 radical (unpaired) electrons. The van der Waals surface area contributed by atoms with Gasteiger partial charge in [0.25, 0.3) is 0 Å². The Morgan fingerprint density at radius 2 is 0.823 bits per heavy atom. The lowest BCUT2D eigenvalue weighted by Crippen LogP contribution is -2.52. The highest BCUT2D eigenvalue weighted by Crippen LogP contribution is 2.27. The first-order chi connectivity index (χ1) is 38.4. The Hall–Kier alpha value is -6.01. The van der Waals surface area contributed by atoms with E-state index in [4.69, 9.17) is 4.74 Å². The first-order valence-electron chi connectivity index (χ1n) is 30.4. The lowest BCUT2D eigenvalue weighted by molar-refractivity contribution is -0.141. The molecule has 79 heavy (non-hydrogen) atoms. The Labute approximate surface area is 473 Å². The average Bonchev–Trinajstić information content (AvgIpc) is 3.49. The van der Waals surface area contributed by atoms with E-state index in [-0.39, 0.29) is 65.5 Å². The molecule has 12 nitrogen and oxygen atoms in total. The van der Waals surface area contributed by atoms with Gasteiger partial charge in [-0.2, -0.15) is 0 Å². The highest BCUT2D eigenvalue weighted by atomic mass is 16.6. The number of piperidine rings is 4. The van der Waals surface area contributed by atoms with Crippen molar-refractivity contribution in [2.45, 2.75) is 167 Å². The van der Waals surface area contributed by atoms with Crippen LogP contribution in [0, 0.1) is 23.7 Å². The van der Waals surface area contributed by atoms with Crippen molar-refractivity contribution < 1.29 is 28.7 Å². The van der Waals surface area contributed by atoms with Crippen molar-refractivity contribution in [3.8, 4) is 0 Å². The van der Waals surface area contributed by atoms with Gasteiger partial charge in [0.15, 0.2) is 0 Å². The van der Waals surface area contributed by atoms with Crippen LogP contribution in [0.25, 0.3) is 0 Å². The van der Waals surface area contributed by atoms with Crippen molar-refractivity contribution in [1.29, 1.82) is 0 Å². The fourth-order valence-corrected chi connectivity index (χ4v) is 12.0. The standard InChI is InChI=1S/C36H51N3O4.C31H43N3O2/c1-36(2,3)43-35(42)39-25-13-21-31(27-39)34(41)38-24-12-20-30(26-38)33(40)37-32(22-10-18-28-14-6-4-7-15-28)23-11-19-29-16-8-5-9-17-29;35-30(28-18-10-22-34(24-28)31(36)27-17-9-21-32-23-27)33-29(19-7-15-25-11-3-1-4-12-25)20-8-16-26-13-5-2-6-14-26/h4-9,14-17,30-32H,10-13,18-27H2,1-3H3,(H,37,40);1-6,11-14,27-29,32H,7-10,15-24H2,(H,33,35). The summed E-state index contributed by atoms with van der Waals surface area (Å²) in [7, 11) is 0. The molecule has 0 aliphatic carbocycles. The minimum Gasteiger partial charge on any atom is -0.444 e. The van der Waals surface area contributed by atoms with Crippen LogP contribution >= 0.6 is 0 Å². The smallest absolute Gasteiger partial charge is 0.410 e. The molecule has 4 saturated heterocycles. The van der Waals surface area contributed by atoms with E-state index in [0.717, 1.165) is 148 Å². The minimum absolute atomic E-state index is 0.0630. The zero-order valence-corrected chi connectivity index (χ0v) is 48.1. The average molecular weight is 1080 g/mol. The molecule has 4 aliphatic heterocycles. The van der Waals surface area contributed by atoms with Crippen LogP contribution in [-0.4, -0.2) is 114 Å². The van der Waals surface area contributed by atoms with Gasteiger partial charge in [-0.1, -0.05) is 121 Å². The van der Waals surface area contributed by atoms with Crippen LogP contribution in [0.4, 0.5) is 4.79 Å². The maximum absolute atomic E-state index is 13.6. The molecule has 0 aromatic heterocycles. The molecule has 5 amide bonds. The Morgan fingerprint density at radius 1 is 0.481 bits per heavy atom. The van der Waals surface area contributed by atoms with Gasteiger partial charge in [-0.05, 0) is 178 Å². The van der Waals surface area contributed by atoms with Crippen molar-refractivity contribution in [2.75, 3.05) is 52.4 Å². The summed E-state index contributed by atoms with van der Waals surface area (Å²) in [5.74, 6) is 0.0460. The van der Waals surface area contributed by atoms with E-state index in [1.165, 1.54) is 22.3 Å². The number of nitrogens with one attached hydrogen (secondary N) is 3. The summed E-state index contributed by atoms with van der Waals surface area (Å²) >= 11 is 0. The van der Waals surface area contributed by atoms with E-state index >= 15 is 0 Å². The maximum Gasteiger partial charge on any atom is 0.410 e. The van der Waals surface area contributed by atoms with Gasteiger partial charge in [-0.25, -0.2) is 4.79 Å². The molecule has 12 heteroatoms. The van der Waals surface area contributed by atoms with E-state index in [1.54, 1.807) is 4.90 Å². The molecule has 4 unspecified atom stereocenters. The molecule has 4 fully saturated rings. The van der Waals surface area contributed by atoms with Gasteiger partial charge in [0.05, 0.1) is 23.7 Å². The fraction of sp³-hybridized carbons (Fsp3) is 0.567. The molecule has 0 bridgehead atoms. The summed E-state index contributed by atoms with van der Waals surface area (Å²) in [5, 5.41) is 10.2.